The van der Waals surface area contributed by atoms with Crippen LogP contribution in [0.25, 0.3) is 0 Å². The molecule has 2 aromatic rings. The fraction of sp³-hybridized carbons (Fsp3) is 0. The quantitative estimate of drug-likeness (QED) is 0.934. The molecule has 0 aliphatic carbocycles. The molecule has 21 heavy (non-hydrogen) atoms. The highest BCUT2D eigenvalue weighted by Crippen LogP contribution is 2.24. The van der Waals surface area contributed by atoms with Crippen molar-refractivity contribution in [2.45, 2.75) is 4.90 Å². The lowest BCUT2D eigenvalue weighted by molar-refractivity contribution is 0.601. The van der Waals surface area contributed by atoms with E-state index in [1.807, 2.05) is 12.1 Å². The molecule has 0 amide bonds. The van der Waals surface area contributed by atoms with Gasteiger partial charge in [0.15, 0.2) is 0 Å². The van der Waals surface area contributed by atoms with Crippen LogP contribution in [0.2, 0.25) is 5.02 Å². The maximum atomic E-state index is 12.2. The van der Waals surface area contributed by atoms with E-state index in [-0.39, 0.29) is 21.3 Å². The third-order valence-electron chi connectivity index (χ3n) is 2.48. The molecule has 0 spiro atoms. The standard InChI is InChI=1S/C13H7ClN4O2S/c14-11-3-1-9(6-15)5-12(11)21(19,20)18-13-4-2-10(7-16)8-17-13/h1-5,8H,(H,17,18). The predicted octanol–water partition coefficient (Wildman–Crippen LogP) is 2.28. The van der Waals surface area contributed by atoms with Crippen LogP contribution in [0.4, 0.5) is 5.82 Å². The summed E-state index contributed by atoms with van der Waals surface area (Å²) >= 11 is 5.86. The Hall–Kier alpha value is -2.61. The van der Waals surface area contributed by atoms with Crippen molar-refractivity contribution in [2.75, 3.05) is 4.72 Å². The molecule has 0 saturated carbocycles. The van der Waals surface area contributed by atoms with Crippen molar-refractivity contribution in [1.29, 1.82) is 10.5 Å². The molecule has 0 aliphatic rings. The fourth-order valence-electron chi connectivity index (χ4n) is 1.49. The van der Waals surface area contributed by atoms with Crippen LogP contribution in [0.3, 0.4) is 0 Å². The van der Waals surface area contributed by atoms with Crippen LogP contribution in [0.5, 0.6) is 0 Å². The fourth-order valence-corrected chi connectivity index (χ4v) is 3.03. The second kappa shape index (κ2) is 5.80. The Morgan fingerprint density at radius 3 is 2.33 bits per heavy atom. The first-order chi connectivity index (χ1) is 9.96. The Bertz CT molecular complexity index is 865. The summed E-state index contributed by atoms with van der Waals surface area (Å²) in [6.45, 7) is 0. The SMILES string of the molecule is N#Cc1ccc(NS(=O)(=O)c2cc(C#N)ccc2Cl)nc1. The van der Waals surface area contributed by atoms with Gasteiger partial charge < -0.3 is 0 Å². The van der Waals surface area contributed by atoms with Gasteiger partial charge in [0, 0.05) is 6.20 Å². The van der Waals surface area contributed by atoms with Crippen LogP contribution in [-0.4, -0.2) is 13.4 Å². The topological polar surface area (TPSA) is 107 Å². The van der Waals surface area contributed by atoms with E-state index in [9.17, 15) is 8.42 Å². The molecule has 8 heteroatoms. The number of nitriles is 2. The summed E-state index contributed by atoms with van der Waals surface area (Å²) in [6, 6.07) is 10.4. The summed E-state index contributed by atoms with van der Waals surface area (Å²) in [6.07, 6.45) is 1.24. The molecule has 1 aromatic heterocycles. The summed E-state index contributed by atoms with van der Waals surface area (Å²) in [7, 11) is -3.97. The number of benzene rings is 1. The maximum absolute atomic E-state index is 12.2. The summed E-state index contributed by atoms with van der Waals surface area (Å²) in [5.74, 6) is 0.0485. The Morgan fingerprint density at radius 2 is 1.76 bits per heavy atom. The molecule has 0 aliphatic heterocycles. The van der Waals surface area contributed by atoms with Gasteiger partial charge in [-0.15, -0.1) is 0 Å². The van der Waals surface area contributed by atoms with Crippen molar-refractivity contribution in [3.8, 4) is 12.1 Å². The molecule has 0 unspecified atom stereocenters. The number of sulfonamides is 1. The molecule has 0 atom stereocenters. The minimum Gasteiger partial charge on any atom is -0.263 e. The Morgan fingerprint density at radius 1 is 1.10 bits per heavy atom. The van der Waals surface area contributed by atoms with Crippen LogP contribution < -0.4 is 4.72 Å². The average molecular weight is 319 g/mol. The molecule has 0 saturated heterocycles. The van der Waals surface area contributed by atoms with Gasteiger partial charge in [-0.3, -0.25) is 4.72 Å². The zero-order valence-electron chi connectivity index (χ0n) is 10.4. The lowest BCUT2D eigenvalue weighted by Gasteiger charge is -2.09. The van der Waals surface area contributed by atoms with E-state index in [1.54, 1.807) is 0 Å². The Labute approximate surface area is 126 Å². The normalized spacial score (nSPS) is 10.4. The molecule has 0 radical (unpaired) electrons. The van der Waals surface area contributed by atoms with E-state index in [2.05, 4.69) is 9.71 Å². The van der Waals surface area contributed by atoms with Gasteiger partial charge in [0.05, 0.1) is 22.2 Å². The van der Waals surface area contributed by atoms with Crippen LogP contribution >= 0.6 is 11.6 Å². The summed E-state index contributed by atoms with van der Waals surface area (Å²) in [5.41, 5.74) is 0.482. The highest BCUT2D eigenvalue weighted by Gasteiger charge is 2.19. The highest BCUT2D eigenvalue weighted by molar-refractivity contribution is 7.92. The lowest BCUT2D eigenvalue weighted by Crippen LogP contribution is -2.14. The van der Waals surface area contributed by atoms with Gasteiger partial charge >= 0.3 is 0 Å². The zero-order chi connectivity index (χ0) is 15.5. The molecule has 0 fully saturated rings. The number of hydrogen-bond acceptors (Lipinski definition) is 5. The third-order valence-corrected chi connectivity index (χ3v) is 4.32. The van der Waals surface area contributed by atoms with Crippen molar-refractivity contribution in [2.24, 2.45) is 0 Å². The molecule has 6 nitrogen and oxygen atoms in total. The second-order valence-corrected chi connectivity index (χ2v) is 5.96. The molecular formula is C13H7ClN4O2S. The molecule has 1 aromatic carbocycles. The van der Waals surface area contributed by atoms with Crippen molar-refractivity contribution >= 4 is 27.4 Å². The van der Waals surface area contributed by atoms with Gasteiger partial charge in [0.25, 0.3) is 10.0 Å². The first-order valence-corrected chi connectivity index (χ1v) is 7.41. The number of hydrogen-bond donors (Lipinski definition) is 1. The van der Waals surface area contributed by atoms with Crippen LogP contribution in [0.1, 0.15) is 11.1 Å². The maximum Gasteiger partial charge on any atom is 0.264 e. The van der Waals surface area contributed by atoms with E-state index >= 15 is 0 Å². The van der Waals surface area contributed by atoms with Gasteiger partial charge in [-0.1, -0.05) is 11.6 Å². The number of rotatable bonds is 3. The molecule has 0 bridgehead atoms. The number of anilines is 1. The second-order valence-electron chi connectivity index (χ2n) is 3.91. The van der Waals surface area contributed by atoms with Gasteiger partial charge in [-0.05, 0) is 30.3 Å². The van der Waals surface area contributed by atoms with E-state index < -0.39 is 10.0 Å². The number of nitrogens with zero attached hydrogens (tertiary/aromatic N) is 3. The summed E-state index contributed by atoms with van der Waals surface area (Å²) in [5, 5.41) is 17.5. The van der Waals surface area contributed by atoms with Gasteiger partial charge in [-0.2, -0.15) is 10.5 Å². The number of pyridine rings is 1. The van der Waals surface area contributed by atoms with Crippen LogP contribution in [0.15, 0.2) is 41.4 Å². The molecular weight excluding hydrogens is 312 g/mol. The first kappa shape index (κ1) is 14.8. The number of aromatic nitrogens is 1. The van der Waals surface area contributed by atoms with Crippen molar-refractivity contribution in [3.05, 3.63) is 52.7 Å². The average Bonchev–Trinajstić information content (AvgIpc) is 2.48. The third kappa shape index (κ3) is 3.29. The van der Waals surface area contributed by atoms with Crippen LogP contribution in [0, 0.1) is 22.7 Å². The van der Waals surface area contributed by atoms with E-state index in [0.717, 1.165) is 0 Å². The first-order valence-electron chi connectivity index (χ1n) is 5.55. The minimum atomic E-state index is -3.97. The van der Waals surface area contributed by atoms with Gasteiger partial charge in [0.1, 0.15) is 16.8 Å². The van der Waals surface area contributed by atoms with Gasteiger partial charge in [-0.25, -0.2) is 13.4 Å². The van der Waals surface area contributed by atoms with Crippen LogP contribution in [-0.2, 0) is 10.0 Å². The molecule has 1 heterocycles. The lowest BCUT2D eigenvalue weighted by atomic mass is 10.2. The summed E-state index contributed by atoms with van der Waals surface area (Å²) in [4.78, 5) is 3.60. The summed E-state index contributed by atoms with van der Waals surface area (Å²) < 4.78 is 26.7. The molecule has 1 N–H and O–H groups in total. The van der Waals surface area contributed by atoms with Crippen molar-refractivity contribution in [1.82, 2.24) is 4.98 Å². The smallest absolute Gasteiger partial charge is 0.263 e. The van der Waals surface area contributed by atoms with Gasteiger partial charge in [0.2, 0.25) is 0 Å². The predicted molar refractivity (Wildman–Crippen MR) is 75.9 cm³/mol. The number of halogens is 1. The Balaban J connectivity index is 2.38. The van der Waals surface area contributed by atoms with Crippen molar-refractivity contribution in [3.63, 3.8) is 0 Å². The largest absolute Gasteiger partial charge is 0.264 e. The zero-order valence-corrected chi connectivity index (χ0v) is 12.0. The van der Waals surface area contributed by atoms with E-state index in [1.165, 1.54) is 36.5 Å². The number of nitrogens with one attached hydrogen (secondary N) is 1. The van der Waals surface area contributed by atoms with E-state index in [0.29, 0.717) is 5.56 Å². The minimum absolute atomic E-state index is 0.00450. The van der Waals surface area contributed by atoms with Crippen molar-refractivity contribution < 1.29 is 8.42 Å². The molecule has 104 valence electrons. The monoisotopic (exact) mass is 318 g/mol. The Kier molecular flexibility index (Phi) is 4.08. The molecule has 2 rings (SSSR count). The van der Waals surface area contributed by atoms with E-state index in [4.69, 9.17) is 22.1 Å². The highest BCUT2D eigenvalue weighted by atomic mass is 35.5.